The molecule has 0 aromatic carbocycles. The number of rotatable bonds is 2. The van der Waals surface area contributed by atoms with Gasteiger partial charge in [0.1, 0.15) is 0 Å². The van der Waals surface area contributed by atoms with Crippen LogP contribution in [0.15, 0.2) is 12.5 Å². The maximum Gasteiger partial charge on any atom is 0.331 e. The van der Waals surface area contributed by atoms with Gasteiger partial charge in [-0.05, 0) is 0 Å². The van der Waals surface area contributed by atoms with Crippen molar-refractivity contribution in [3.63, 3.8) is 0 Å². The second-order valence-corrected chi connectivity index (χ2v) is 2.73. The van der Waals surface area contributed by atoms with Gasteiger partial charge in [0, 0.05) is 6.20 Å². The largest absolute Gasteiger partial charge is 0.347 e. The first-order valence-electron chi connectivity index (χ1n) is 3.82. The highest BCUT2D eigenvalue weighted by molar-refractivity contribution is 6.44. The highest BCUT2D eigenvalue weighted by Gasteiger charge is 2.36. The van der Waals surface area contributed by atoms with Crippen molar-refractivity contribution in [2.45, 2.75) is 6.54 Å². The lowest BCUT2D eigenvalue weighted by Gasteiger charge is -2.08. The van der Waals surface area contributed by atoms with Crippen LogP contribution in [0, 0.1) is 0 Å². The van der Waals surface area contributed by atoms with E-state index in [1.54, 1.807) is 0 Å². The molecule has 1 aromatic heterocycles. The molecule has 0 spiro atoms. The molecule has 2 N–H and O–H groups in total. The summed E-state index contributed by atoms with van der Waals surface area (Å²) in [4.78, 5) is 40.2. The zero-order chi connectivity index (χ0) is 10.1. The smallest absolute Gasteiger partial charge is 0.331 e. The number of hydrogen-bond donors (Lipinski definition) is 2. The fourth-order valence-corrected chi connectivity index (χ4v) is 1.12. The van der Waals surface area contributed by atoms with Crippen molar-refractivity contribution in [1.82, 2.24) is 20.2 Å². The Balaban J connectivity index is 2.16. The lowest BCUT2D eigenvalue weighted by atomic mass is 10.4. The predicted molar refractivity (Wildman–Crippen MR) is 42.7 cm³/mol. The summed E-state index contributed by atoms with van der Waals surface area (Å²) in [5.74, 6) is -1.74. The lowest BCUT2D eigenvalue weighted by Crippen LogP contribution is -2.30. The van der Waals surface area contributed by atoms with Crippen LogP contribution >= 0.6 is 0 Å². The van der Waals surface area contributed by atoms with Gasteiger partial charge >= 0.3 is 17.8 Å². The van der Waals surface area contributed by atoms with Crippen molar-refractivity contribution in [1.29, 1.82) is 0 Å². The van der Waals surface area contributed by atoms with E-state index in [0.717, 1.165) is 4.90 Å². The number of imidazole rings is 1. The van der Waals surface area contributed by atoms with E-state index < -0.39 is 17.8 Å². The molecule has 0 bridgehead atoms. The SMILES string of the molecule is O=C1NC(=O)N(Cc2cnc[nH]2)C1=O. The van der Waals surface area contributed by atoms with Crippen LogP contribution in [0.5, 0.6) is 0 Å². The summed E-state index contributed by atoms with van der Waals surface area (Å²) in [6, 6.07) is -0.699. The second kappa shape index (κ2) is 2.95. The van der Waals surface area contributed by atoms with Gasteiger partial charge in [0.15, 0.2) is 0 Å². The number of hydrogen-bond acceptors (Lipinski definition) is 4. The molecule has 0 aliphatic carbocycles. The molecule has 0 unspecified atom stereocenters. The molecule has 2 heterocycles. The van der Waals surface area contributed by atoms with Crippen molar-refractivity contribution in [2.75, 3.05) is 0 Å². The molecule has 1 aliphatic rings. The van der Waals surface area contributed by atoms with Gasteiger partial charge in [-0.15, -0.1) is 0 Å². The normalized spacial score (nSPS) is 16.3. The predicted octanol–water partition coefficient (Wildman–Crippen LogP) is -1.01. The molecule has 2 rings (SSSR count). The Labute approximate surface area is 78.1 Å². The molecular formula is C7H6N4O3. The Bertz CT molecular complexity index is 397. The Kier molecular flexibility index (Phi) is 1.77. The number of H-pyrrole nitrogens is 1. The van der Waals surface area contributed by atoms with Crippen molar-refractivity contribution in [2.24, 2.45) is 0 Å². The molecule has 1 fully saturated rings. The zero-order valence-corrected chi connectivity index (χ0v) is 6.98. The maximum absolute atomic E-state index is 11.1. The molecule has 1 aliphatic heterocycles. The summed E-state index contributed by atoms with van der Waals surface area (Å²) in [7, 11) is 0. The molecule has 0 atom stereocenters. The first-order valence-corrected chi connectivity index (χ1v) is 3.82. The fraction of sp³-hybridized carbons (Fsp3) is 0.143. The highest BCUT2D eigenvalue weighted by Crippen LogP contribution is 2.05. The van der Waals surface area contributed by atoms with E-state index in [1.807, 2.05) is 5.32 Å². The van der Waals surface area contributed by atoms with Gasteiger partial charge < -0.3 is 4.98 Å². The van der Waals surface area contributed by atoms with Gasteiger partial charge in [-0.3, -0.25) is 14.9 Å². The average Bonchev–Trinajstić information content (AvgIpc) is 2.71. The van der Waals surface area contributed by atoms with Crippen LogP contribution in [0.3, 0.4) is 0 Å². The molecule has 0 radical (unpaired) electrons. The van der Waals surface area contributed by atoms with Gasteiger partial charge in [0.05, 0.1) is 18.6 Å². The molecule has 72 valence electrons. The Hall–Kier alpha value is -2.18. The molecule has 0 saturated carbocycles. The second-order valence-electron chi connectivity index (χ2n) is 2.73. The van der Waals surface area contributed by atoms with Gasteiger partial charge in [-0.2, -0.15) is 0 Å². The van der Waals surface area contributed by atoms with Crippen LogP contribution in [0.2, 0.25) is 0 Å². The number of aromatic amines is 1. The van der Waals surface area contributed by atoms with E-state index >= 15 is 0 Å². The van der Waals surface area contributed by atoms with E-state index in [-0.39, 0.29) is 6.54 Å². The van der Waals surface area contributed by atoms with E-state index in [0.29, 0.717) is 5.69 Å². The molecule has 1 aromatic rings. The van der Waals surface area contributed by atoms with E-state index in [2.05, 4.69) is 9.97 Å². The summed E-state index contributed by atoms with van der Waals surface area (Å²) >= 11 is 0. The number of imide groups is 2. The van der Waals surface area contributed by atoms with Crippen molar-refractivity contribution in [3.8, 4) is 0 Å². The zero-order valence-electron chi connectivity index (χ0n) is 6.98. The minimum absolute atomic E-state index is 0.0242. The lowest BCUT2D eigenvalue weighted by molar-refractivity contribution is -0.140. The summed E-state index contributed by atoms with van der Waals surface area (Å²) in [5, 5.41) is 1.89. The van der Waals surface area contributed by atoms with Crippen LogP contribution in [-0.4, -0.2) is 32.7 Å². The number of carbonyl (C=O) groups is 3. The molecule has 1 saturated heterocycles. The summed E-state index contributed by atoms with van der Waals surface area (Å²) in [6.07, 6.45) is 2.90. The van der Waals surface area contributed by atoms with Gasteiger partial charge in [0.2, 0.25) is 0 Å². The quantitative estimate of drug-likeness (QED) is 0.465. The minimum atomic E-state index is -0.894. The molecule has 14 heavy (non-hydrogen) atoms. The minimum Gasteiger partial charge on any atom is -0.347 e. The standard InChI is InChI=1S/C7H6N4O3/c12-5-6(13)11(7(14)10-5)2-4-1-8-3-9-4/h1,3H,2H2,(H,8,9)(H,10,12,14). The molecular weight excluding hydrogens is 188 g/mol. The van der Waals surface area contributed by atoms with Crippen LogP contribution in [0.4, 0.5) is 4.79 Å². The van der Waals surface area contributed by atoms with Crippen LogP contribution in [0.1, 0.15) is 5.69 Å². The maximum atomic E-state index is 11.1. The number of amides is 4. The van der Waals surface area contributed by atoms with Crippen molar-refractivity contribution < 1.29 is 14.4 Å². The Morgan fingerprint density at radius 1 is 1.36 bits per heavy atom. The van der Waals surface area contributed by atoms with Crippen molar-refractivity contribution in [3.05, 3.63) is 18.2 Å². The highest BCUT2D eigenvalue weighted by atomic mass is 16.2. The van der Waals surface area contributed by atoms with E-state index in [9.17, 15) is 14.4 Å². The third-order valence-electron chi connectivity index (χ3n) is 1.79. The van der Waals surface area contributed by atoms with Crippen molar-refractivity contribution >= 4 is 17.8 Å². The number of nitrogens with one attached hydrogen (secondary N) is 2. The fourth-order valence-electron chi connectivity index (χ4n) is 1.12. The van der Waals surface area contributed by atoms with Gasteiger partial charge in [0.25, 0.3) is 0 Å². The Morgan fingerprint density at radius 2 is 2.14 bits per heavy atom. The van der Waals surface area contributed by atoms with Gasteiger partial charge in [-0.25, -0.2) is 14.7 Å². The van der Waals surface area contributed by atoms with E-state index in [1.165, 1.54) is 12.5 Å². The topological polar surface area (TPSA) is 95.2 Å². The third kappa shape index (κ3) is 1.24. The first kappa shape index (κ1) is 8.42. The Morgan fingerprint density at radius 3 is 2.64 bits per heavy atom. The summed E-state index contributed by atoms with van der Waals surface area (Å²) < 4.78 is 0. The summed E-state index contributed by atoms with van der Waals surface area (Å²) in [6.45, 7) is 0.0242. The number of aromatic nitrogens is 2. The van der Waals surface area contributed by atoms with Crippen LogP contribution < -0.4 is 5.32 Å². The van der Waals surface area contributed by atoms with Crippen LogP contribution in [-0.2, 0) is 16.1 Å². The number of carbonyl (C=O) groups excluding carboxylic acids is 3. The van der Waals surface area contributed by atoms with Gasteiger partial charge in [-0.1, -0.05) is 0 Å². The number of urea groups is 1. The molecule has 4 amide bonds. The van der Waals surface area contributed by atoms with E-state index in [4.69, 9.17) is 0 Å². The average molecular weight is 194 g/mol. The molecule has 7 nitrogen and oxygen atoms in total. The monoisotopic (exact) mass is 194 g/mol. The third-order valence-corrected chi connectivity index (χ3v) is 1.79. The summed E-state index contributed by atoms with van der Waals surface area (Å²) in [5.41, 5.74) is 0.586. The molecule has 7 heteroatoms. The first-order chi connectivity index (χ1) is 6.68. The van der Waals surface area contributed by atoms with Crippen LogP contribution in [0.25, 0.3) is 0 Å². The number of nitrogens with zero attached hydrogens (tertiary/aromatic N) is 2.